The van der Waals surface area contributed by atoms with Crippen molar-refractivity contribution < 1.29 is 13.5 Å². The van der Waals surface area contributed by atoms with Gasteiger partial charge in [-0.3, -0.25) is 0 Å². The number of halogens is 1. The first-order valence-corrected chi connectivity index (χ1v) is 9.85. The van der Waals surface area contributed by atoms with Crippen molar-refractivity contribution in [2.24, 2.45) is 0 Å². The lowest BCUT2D eigenvalue weighted by atomic mass is 10.3. The van der Waals surface area contributed by atoms with E-state index >= 15 is 0 Å². The van der Waals surface area contributed by atoms with Crippen LogP contribution >= 0.6 is 38.6 Å². The zero-order valence-electron chi connectivity index (χ0n) is 10.5. The summed E-state index contributed by atoms with van der Waals surface area (Å²) in [6, 6.07) is 7.26. The van der Waals surface area contributed by atoms with E-state index in [0.29, 0.717) is 23.6 Å². The molecule has 0 saturated carbocycles. The summed E-state index contributed by atoms with van der Waals surface area (Å²) in [5.41, 5.74) is 0. The summed E-state index contributed by atoms with van der Waals surface area (Å²) in [6.07, 6.45) is 1.16. The molecule has 20 heavy (non-hydrogen) atoms. The molecule has 0 spiro atoms. The van der Waals surface area contributed by atoms with E-state index in [1.165, 1.54) is 11.3 Å². The molecule has 110 valence electrons. The van der Waals surface area contributed by atoms with Gasteiger partial charge in [-0.2, -0.15) is 0 Å². The standard InChI is InChI=1S/C12H14BrNO3S3/c13-11-3-1-9(18-11)5-7-14-20(16,17)12-4-2-10(19-12)6-8-15/h1-4,14-15H,5-8H2. The highest BCUT2D eigenvalue weighted by Crippen LogP contribution is 2.23. The van der Waals surface area contributed by atoms with Crippen molar-refractivity contribution in [2.75, 3.05) is 13.2 Å². The van der Waals surface area contributed by atoms with E-state index in [9.17, 15) is 8.42 Å². The number of aliphatic hydroxyl groups excluding tert-OH is 1. The molecule has 0 fully saturated rings. The average molecular weight is 396 g/mol. The van der Waals surface area contributed by atoms with Gasteiger partial charge in [-0.1, -0.05) is 0 Å². The molecule has 0 amide bonds. The van der Waals surface area contributed by atoms with Crippen LogP contribution in [-0.2, 0) is 22.9 Å². The van der Waals surface area contributed by atoms with Crippen LogP contribution in [0.2, 0.25) is 0 Å². The molecule has 0 aromatic carbocycles. The number of thiophene rings is 2. The average Bonchev–Trinajstić information content (AvgIpc) is 2.99. The van der Waals surface area contributed by atoms with Gasteiger partial charge in [0.25, 0.3) is 0 Å². The number of rotatable bonds is 7. The van der Waals surface area contributed by atoms with Crippen LogP contribution in [-0.4, -0.2) is 26.7 Å². The van der Waals surface area contributed by atoms with E-state index < -0.39 is 10.0 Å². The molecule has 0 unspecified atom stereocenters. The van der Waals surface area contributed by atoms with Crippen molar-refractivity contribution in [1.29, 1.82) is 0 Å². The predicted octanol–water partition coefficient (Wildman–Crippen LogP) is 2.63. The summed E-state index contributed by atoms with van der Waals surface area (Å²) in [4.78, 5) is 2.00. The third kappa shape index (κ3) is 4.37. The van der Waals surface area contributed by atoms with Gasteiger partial charge in [-0.05, 0) is 46.6 Å². The predicted molar refractivity (Wildman–Crippen MR) is 86.0 cm³/mol. The second kappa shape index (κ2) is 7.15. The SMILES string of the molecule is O=S(=O)(NCCc1ccc(Br)s1)c1ccc(CCO)s1. The Hall–Kier alpha value is -0.250. The minimum Gasteiger partial charge on any atom is -0.396 e. The summed E-state index contributed by atoms with van der Waals surface area (Å²) in [5, 5.41) is 8.84. The van der Waals surface area contributed by atoms with Gasteiger partial charge in [0.15, 0.2) is 0 Å². The maximum Gasteiger partial charge on any atom is 0.250 e. The molecule has 0 radical (unpaired) electrons. The zero-order chi connectivity index (χ0) is 14.6. The topological polar surface area (TPSA) is 66.4 Å². The highest BCUT2D eigenvalue weighted by molar-refractivity contribution is 9.11. The van der Waals surface area contributed by atoms with Crippen LogP contribution < -0.4 is 4.72 Å². The number of hydrogen-bond donors (Lipinski definition) is 2. The van der Waals surface area contributed by atoms with Gasteiger partial charge in [0.05, 0.1) is 3.79 Å². The Morgan fingerprint density at radius 2 is 1.80 bits per heavy atom. The maximum absolute atomic E-state index is 12.1. The molecule has 4 nitrogen and oxygen atoms in total. The molecule has 2 aromatic rings. The van der Waals surface area contributed by atoms with Crippen molar-refractivity contribution in [3.05, 3.63) is 37.8 Å². The van der Waals surface area contributed by atoms with Crippen LogP contribution in [0.5, 0.6) is 0 Å². The minimum atomic E-state index is -3.44. The lowest BCUT2D eigenvalue weighted by Crippen LogP contribution is -2.25. The first-order valence-electron chi connectivity index (χ1n) is 5.95. The molecule has 2 aromatic heterocycles. The summed E-state index contributed by atoms with van der Waals surface area (Å²) in [5.74, 6) is 0. The largest absolute Gasteiger partial charge is 0.396 e. The van der Waals surface area contributed by atoms with Crippen LogP contribution in [0.25, 0.3) is 0 Å². The van der Waals surface area contributed by atoms with Crippen LogP contribution in [0.15, 0.2) is 32.3 Å². The summed E-state index contributed by atoms with van der Waals surface area (Å²) in [7, 11) is -3.44. The van der Waals surface area contributed by atoms with E-state index in [4.69, 9.17) is 5.11 Å². The molecule has 0 bridgehead atoms. The van der Waals surface area contributed by atoms with Gasteiger partial charge >= 0.3 is 0 Å². The van der Waals surface area contributed by atoms with Gasteiger partial charge < -0.3 is 5.11 Å². The van der Waals surface area contributed by atoms with Crippen LogP contribution in [0, 0.1) is 0 Å². The third-order valence-corrected chi connectivity index (χ3v) is 7.33. The van der Waals surface area contributed by atoms with Crippen molar-refractivity contribution in [2.45, 2.75) is 17.1 Å². The van der Waals surface area contributed by atoms with Gasteiger partial charge in [-0.15, -0.1) is 22.7 Å². The fourth-order valence-corrected chi connectivity index (χ4v) is 5.52. The lowest BCUT2D eigenvalue weighted by Gasteiger charge is -2.03. The Kier molecular flexibility index (Phi) is 5.76. The third-order valence-electron chi connectivity index (χ3n) is 2.55. The molecule has 0 aliphatic heterocycles. The Bertz CT molecular complexity index is 663. The second-order valence-electron chi connectivity index (χ2n) is 4.05. The second-order valence-corrected chi connectivity index (χ2v) is 9.76. The molecule has 2 N–H and O–H groups in total. The molecule has 2 heterocycles. The molecule has 2 rings (SSSR count). The Balaban J connectivity index is 1.92. The minimum absolute atomic E-state index is 0.0285. The number of hydrogen-bond acceptors (Lipinski definition) is 5. The maximum atomic E-state index is 12.1. The van der Waals surface area contributed by atoms with E-state index in [-0.39, 0.29) is 6.61 Å². The van der Waals surface area contributed by atoms with Crippen molar-refractivity contribution in [3.63, 3.8) is 0 Å². The smallest absolute Gasteiger partial charge is 0.250 e. The summed E-state index contributed by atoms with van der Waals surface area (Å²) < 4.78 is 28.1. The Morgan fingerprint density at radius 3 is 2.45 bits per heavy atom. The fourth-order valence-electron chi connectivity index (χ4n) is 1.61. The van der Waals surface area contributed by atoms with E-state index in [1.807, 2.05) is 12.1 Å². The van der Waals surface area contributed by atoms with Crippen molar-refractivity contribution >= 4 is 48.6 Å². The molecular weight excluding hydrogens is 382 g/mol. The van der Waals surface area contributed by atoms with E-state index in [0.717, 1.165) is 13.5 Å². The van der Waals surface area contributed by atoms with E-state index in [2.05, 4.69) is 20.7 Å². The summed E-state index contributed by atoms with van der Waals surface area (Å²) >= 11 is 6.18. The van der Waals surface area contributed by atoms with E-state index in [1.54, 1.807) is 23.5 Å². The van der Waals surface area contributed by atoms with Gasteiger partial charge in [0.2, 0.25) is 10.0 Å². The number of sulfonamides is 1. The lowest BCUT2D eigenvalue weighted by molar-refractivity contribution is 0.300. The van der Waals surface area contributed by atoms with Crippen LogP contribution in [0.4, 0.5) is 0 Å². The van der Waals surface area contributed by atoms with Gasteiger partial charge in [-0.25, -0.2) is 13.1 Å². The normalized spacial score (nSPS) is 11.9. The molecule has 8 heteroatoms. The first kappa shape index (κ1) is 16.1. The molecule has 0 aliphatic carbocycles. The molecule has 0 aliphatic rings. The van der Waals surface area contributed by atoms with Crippen LogP contribution in [0.1, 0.15) is 9.75 Å². The van der Waals surface area contributed by atoms with Crippen molar-refractivity contribution in [1.82, 2.24) is 4.72 Å². The zero-order valence-corrected chi connectivity index (χ0v) is 14.5. The monoisotopic (exact) mass is 395 g/mol. The van der Waals surface area contributed by atoms with Gasteiger partial charge in [0, 0.05) is 29.3 Å². The number of aliphatic hydroxyl groups is 1. The first-order chi connectivity index (χ1) is 9.51. The Labute approximate surface area is 134 Å². The fraction of sp³-hybridized carbons (Fsp3) is 0.333. The van der Waals surface area contributed by atoms with Crippen LogP contribution in [0.3, 0.4) is 0 Å². The quantitative estimate of drug-likeness (QED) is 0.756. The highest BCUT2D eigenvalue weighted by Gasteiger charge is 2.16. The van der Waals surface area contributed by atoms with Crippen molar-refractivity contribution in [3.8, 4) is 0 Å². The highest BCUT2D eigenvalue weighted by atomic mass is 79.9. The molecular formula is C12H14BrNO3S3. The molecule has 0 saturated heterocycles. The van der Waals surface area contributed by atoms with Gasteiger partial charge in [0.1, 0.15) is 4.21 Å². The number of nitrogens with one attached hydrogen (secondary N) is 1. The Morgan fingerprint density at radius 1 is 1.10 bits per heavy atom. The molecule has 0 atom stereocenters. The summed E-state index contributed by atoms with van der Waals surface area (Å²) in [6.45, 7) is 0.406.